The van der Waals surface area contributed by atoms with Gasteiger partial charge in [0.05, 0.1) is 6.04 Å². The van der Waals surface area contributed by atoms with E-state index in [9.17, 15) is 8.78 Å². The molecule has 3 rings (SSSR count). The molecule has 0 radical (unpaired) electrons. The Balaban J connectivity index is 1.96. The Morgan fingerprint density at radius 1 is 0.905 bits per heavy atom. The van der Waals surface area contributed by atoms with Crippen LogP contribution < -0.4 is 5.32 Å². The predicted octanol–water partition coefficient (Wildman–Crippen LogP) is 5.29. The summed E-state index contributed by atoms with van der Waals surface area (Å²) in [4.78, 5) is 0. The summed E-state index contributed by atoms with van der Waals surface area (Å²) >= 11 is 0. The molecule has 21 heavy (non-hydrogen) atoms. The predicted molar refractivity (Wildman–Crippen MR) is 82.3 cm³/mol. The molecular weight excluding hydrogens is 268 g/mol. The van der Waals surface area contributed by atoms with Crippen molar-refractivity contribution in [3.8, 4) is 0 Å². The van der Waals surface area contributed by atoms with Crippen LogP contribution in [-0.4, -0.2) is 0 Å². The highest BCUT2D eigenvalue weighted by atomic mass is 19.1. The van der Waals surface area contributed by atoms with E-state index in [2.05, 4.69) is 5.32 Å². The molecule has 0 aliphatic rings. The molecule has 0 aliphatic carbocycles. The Kier molecular flexibility index (Phi) is 3.57. The second-order valence-electron chi connectivity index (χ2n) is 5.06. The number of anilines is 1. The van der Waals surface area contributed by atoms with E-state index in [-0.39, 0.29) is 6.04 Å². The number of hydrogen-bond donors (Lipinski definition) is 1. The largest absolute Gasteiger partial charge is 0.378 e. The van der Waals surface area contributed by atoms with Gasteiger partial charge in [0.2, 0.25) is 0 Å². The van der Waals surface area contributed by atoms with Crippen molar-refractivity contribution in [2.75, 3.05) is 5.32 Å². The number of hydrogen-bond acceptors (Lipinski definition) is 1. The summed E-state index contributed by atoms with van der Waals surface area (Å²) in [6, 6.07) is 17.1. The van der Waals surface area contributed by atoms with Crippen molar-refractivity contribution in [1.82, 2.24) is 0 Å². The smallest absolute Gasteiger partial charge is 0.128 e. The van der Waals surface area contributed by atoms with Crippen molar-refractivity contribution < 1.29 is 8.78 Å². The van der Waals surface area contributed by atoms with Gasteiger partial charge in [-0.15, -0.1) is 0 Å². The SMILES string of the molecule is CC(Nc1cccc2ccccc12)c1cc(F)ccc1F. The van der Waals surface area contributed by atoms with Crippen molar-refractivity contribution in [3.05, 3.63) is 77.9 Å². The molecular formula is C18H15F2N. The Morgan fingerprint density at radius 2 is 1.67 bits per heavy atom. The molecule has 1 N–H and O–H groups in total. The molecule has 0 heterocycles. The van der Waals surface area contributed by atoms with Gasteiger partial charge >= 0.3 is 0 Å². The first kappa shape index (κ1) is 13.6. The lowest BCUT2D eigenvalue weighted by atomic mass is 10.0. The number of nitrogens with one attached hydrogen (secondary N) is 1. The standard InChI is InChI=1S/C18H15F2N/c1-12(16-11-14(19)9-10-17(16)20)21-18-8-4-6-13-5-2-3-7-15(13)18/h2-12,21H,1H3. The van der Waals surface area contributed by atoms with Gasteiger partial charge < -0.3 is 5.32 Å². The van der Waals surface area contributed by atoms with Gasteiger partial charge in [-0.3, -0.25) is 0 Å². The fourth-order valence-corrected chi connectivity index (χ4v) is 2.51. The summed E-state index contributed by atoms with van der Waals surface area (Å²) in [5.74, 6) is -0.838. The minimum atomic E-state index is -0.432. The van der Waals surface area contributed by atoms with E-state index in [1.807, 2.05) is 49.4 Å². The van der Waals surface area contributed by atoms with E-state index in [1.54, 1.807) is 0 Å². The minimum absolute atomic E-state index is 0.322. The lowest BCUT2D eigenvalue weighted by Gasteiger charge is -2.18. The summed E-state index contributed by atoms with van der Waals surface area (Å²) in [6.07, 6.45) is 0. The fourth-order valence-electron chi connectivity index (χ4n) is 2.51. The van der Waals surface area contributed by atoms with Gasteiger partial charge in [0.15, 0.2) is 0 Å². The second kappa shape index (κ2) is 5.52. The molecule has 106 valence electrons. The van der Waals surface area contributed by atoms with Crippen LogP contribution in [0.4, 0.5) is 14.5 Å². The quantitative estimate of drug-likeness (QED) is 0.688. The average molecular weight is 283 g/mol. The van der Waals surface area contributed by atoms with Crippen LogP contribution in [0.1, 0.15) is 18.5 Å². The van der Waals surface area contributed by atoms with Crippen LogP contribution in [0.2, 0.25) is 0 Å². The van der Waals surface area contributed by atoms with Crippen LogP contribution in [-0.2, 0) is 0 Å². The Labute approximate surface area is 122 Å². The molecule has 0 saturated carbocycles. The maximum absolute atomic E-state index is 13.8. The Bertz CT molecular complexity index is 778. The lowest BCUT2D eigenvalue weighted by molar-refractivity contribution is 0.577. The molecule has 0 spiro atoms. The molecule has 0 bridgehead atoms. The molecule has 0 fully saturated rings. The summed E-state index contributed by atoms with van der Waals surface area (Å²) in [6.45, 7) is 1.82. The molecule has 1 unspecified atom stereocenters. The highest BCUT2D eigenvalue weighted by molar-refractivity contribution is 5.93. The Morgan fingerprint density at radius 3 is 2.52 bits per heavy atom. The van der Waals surface area contributed by atoms with E-state index in [4.69, 9.17) is 0 Å². The maximum atomic E-state index is 13.8. The lowest BCUT2D eigenvalue weighted by Crippen LogP contribution is -2.09. The van der Waals surface area contributed by atoms with Gasteiger partial charge in [-0.25, -0.2) is 8.78 Å². The number of rotatable bonds is 3. The first-order valence-corrected chi connectivity index (χ1v) is 6.84. The third-order valence-corrected chi connectivity index (χ3v) is 3.59. The number of halogens is 2. The minimum Gasteiger partial charge on any atom is -0.378 e. The van der Waals surface area contributed by atoms with Gasteiger partial charge in [-0.05, 0) is 36.6 Å². The van der Waals surface area contributed by atoms with Crippen LogP contribution in [0.3, 0.4) is 0 Å². The van der Waals surface area contributed by atoms with Crippen LogP contribution in [0.25, 0.3) is 10.8 Å². The highest BCUT2D eigenvalue weighted by Crippen LogP contribution is 2.28. The molecule has 0 aliphatic heterocycles. The zero-order chi connectivity index (χ0) is 14.8. The van der Waals surface area contributed by atoms with E-state index in [1.165, 1.54) is 6.07 Å². The van der Waals surface area contributed by atoms with Crippen LogP contribution in [0.5, 0.6) is 0 Å². The zero-order valence-corrected chi connectivity index (χ0v) is 11.6. The van der Waals surface area contributed by atoms with Gasteiger partial charge in [0, 0.05) is 16.6 Å². The first-order valence-electron chi connectivity index (χ1n) is 6.84. The van der Waals surface area contributed by atoms with Crippen LogP contribution in [0.15, 0.2) is 60.7 Å². The van der Waals surface area contributed by atoms with Crippen LogP contribution >= 0.6 is 0 Å². The monoisotopic (exact) mass is 283 g/mol. The fraction of sp³-hybridized carbons (Fsp3) is 0.111. The number of benzene rings is 3. The molecule has 3 heteroatoms. The van der Waals surface area contributed by atoms with Gasteiger partial charge in [0.25, 0.3) is 0 Å². The van der Waals surface area contributed by atoms with Crippen molar-refractivity contribution in [2.45, 2.75) is 13.0 Å². The normalized spacial score (nSPS) is 12.3. The highest BCUT2D eigenvalue weighted by Gasteiger charge is 2.13. The van der Waals surface area contributed by atoms with Crippen molar-refractivity contribution >= 4 is 16.5 Å². The van der Waals surface area contributed by atoms with Crippen molar-refractivity contribution in [3.63, 3.8) is 0 Å². The average Bonchev–Trinajstić information content (AvgIpc) is 2.50. The van der Waals surface area contributed by atoms with Crippen molar-refractivity contribution in [2.24, 2.45) is 0 Å². The van der Waals surface area contributed by atoms with Crippen molar-refractivity contribution in [1.29, 1.82) is 0 Å². The second-order valence-corrected chi connectivity index (χ2v) is 5.06. The topological polar surface area (TPSA) is 12.0 Å². The van der Waals surface area contributed by atoms with Gasteiger partial charge in [-0.1, -0.05) is 36.4 Å². The summed E-state index contributed by atoms with van der Waals surface area (Å²) < 4.78 is 27.1. The molecule has 1 nitrogen and oxygen atoms in total. The first-order chi connectivity index (χ1) is 10.1. The molecule has 3 aromatic carbocycles. The third-order valence-electron chi connectivity index (χ3n) is 3.59. The maximum Gasteiger partial charge on any atom is 0.128 e. The molecule has 0 amide bonds. The van der Waals surface area contributed by atoms with E-state index in [0.29, 0.717) is 5.56 Å². The van der Waals surface area contributed by atoms with E-state index in [0.717, 1.165) is 28.6 Å². The zero-order valence-electron chi connectivity index (χ0n) is 11.6. The molecule has 3 aromatic rings. The summed E-state index contributed by atoms with van der Waals surface area (Å²) in [5.41, 5.74) is 1.23. The molecule has 0 saturated heterocycles. The third kappa shape index (κ3) is 2.72. The molecule has 1 atom stereocenters. The van der Waals surface area contributed by atoms with E-state index >= 15 is 0 Å². The summed E-state index contributed by atoms with van der Waals surface area (Å²) in [5, 5.41) is 5.43. The van der Waals surface area contributed by atoms with Gasteiger partial charge in [-0.2, -0.15) is 0 Å². The number of fused-ring (bicyclic) bond motifs is 1. The van der Waals surface area contributed by atoms with Gasteiger partial charge in [0.1, 0.15) is 11.6 Å². The van der Waals surface area contributed by atoms with E-state index < -0.39 is 11.6 Å². The molecule has 0 aromatic heterocycles. The Hall–Kier alpha value is -2.42. The van der Waals surface area contributed by atoms with Crippen LogP contribution in [0, 0.1) is 11.6 Å². The summed E-state index contributed by atoms with van der Waals surface area (Å²) in [7, 11) is 0.